The summed E-state index contributed by atoms with van der Waals surface area (Å²) in [6.45, 7) is 4.66. The zero-order valence-electron chi connectivity index (χ0n) is 7.00. The summed E-state index contributed by atoms with van der Waals surface area (Å²) in [6, 6.07) is 0. The molecule has 1 atom stereocenters. The molecule has 0 aliphatic rings. The Bertz CT molecular complexity index is 156. The number of unbranched alkanes of at least 4 members (excludes halogenated alkanes) is 1. The van der Waals surface area contributed by atoms with Crippen LogP contribution >= 0.6 is 100 Å². The molecule has 0 aromatic rings. The van der Waals surface area contributed by atoms with Crippen LogP contribution in [0, 0.1) is 0 Å². The molecule has 0 saturated heterocycles. The van der Waals surface area contributed by atoms with Crippen molar-refractivity contribution in [3.05, 3.63) is 0 Å². The summed E-state index contributed by atoms with van der Waals surface area (Å²) in [6.07, 6.45) is 4.04. The summed E-state index contributed by atoms with van der Waals surface area (Å²) in [5.41, 5.74) is 0. The number of rotatable bonds is 4. The van der Waals surface area contributed by atoms with Gasteiger partial charge in [0.05, 0.1) is 0 Å². The first-order valence-corrected chi connectivity index (χ1v) is 18.9. The van der Waals surface area contributed by atoms with Gasteiger partial charge in [0.2, 0.25) is 0 Å². The lowest BCUT2D eigenvalue weighted by Gasteiger charge is -2.58. The Morgan fingerprint density at radius 2 is 1.50 bits per heavy atom. The second-order valence-electron chi connectivity index (χ2n) is 2.98. The molecule has 0 aromatic carbocycles. The van der Waals surface area contributed by atoms with Gasteiger partial charge in [-0.1, -0.05) is 20.8 Å². The molecule has 0 rings (SSSR count). The van der Waals surface area contributed by atoms with E-state index in [4.69, 9.17) is 0 Å². The van der Waals surface area contributed by atoms with Gasteiger partial charge in [-0.2, -0.15) is 0 Å². The van der Waals surface area contributed by atoms with E-state index in [1.807, 2.05) is 0 Å². The third kappa shape index (κ3) is 7.30. The minimum absolute atomic E-state index is 0.813. The van der Waals surface area contributed by atoms with Crippen LogP contribution in [0.15, 0.2) is 0 Å². The van der Waals surface area contributed by atoms with Crippen LogP contribution in [-0.2, 0) is 0 Å². The number of hydrogen-bond donors (Lipinski definition) is 0. The van der Waals surface area contributed by atoms with Gasteiger partial charge >= 0.3 is 0 Å². The van der Waals surface area contributed by atoms with Crippen molar-refractivity contribution in [1.29, 1.82) is 0 Å². The Balaban J connectivity index is 4.38. The van der Waals surface area contributed by atoms with Crippen LogP contribution < -0.4 is 0 Å². The third-order valence-electron chi connectivity index (χ3n) is 1.72. The van der Waals surface area contributed by atoms with Crippen molar-refractivity contribution < 1.29 is 0 Å². The summed E-state index contributed by atoms with van der Waals surface area (Å²) in [4.78, 5) is 0. The van der Waals surface area contributed by atoms with E-state index in [-0.39, 0.29) is 0 Å². The van der Waals surface area contributed by atoms with Crippen molar-refractivity contribution in [3.63, 3.8) is 0 Å². The first kappa shape index (κ1) is 16.0. The first-order valence-electron chi connectivity index (χ1n) is 3.70. The van der Waals surface area contributed by atoms with Gasteiger partial charge in [0.1, 0.15) is 0 Å². The molecule has 0 aromatic heterocycles. The Kier molecular flexibility index (Phi) is 6.27. The minimum Gasteiger partial charge on any atom is -0.0654 e. The first-order chi connectivity index (χ1) is 4.97. The maximum Gasteiger partial charge on any atom is 0.0116 e. The second-order valence-corrected chi connectivity index (χ2v) is 90.5. The van der Waals surface area contributed by atoms with Gasteiger partial charge < -0.3 is 0 Å². The smallest absolute Gasteiger partial charge is 0.0116 e. The van der Waals surface area contributed by atoms with E-state index < -0.39 is -5.85 Å². The third-order valence-corrected chi connectivity index (χ3v) is 16.5. The quantitative estimate of drug-likeness (QED) is 0.267. The number of hydrogen-bond acceptors (Lipinski definition) is 0. The molecule has 0 nitrogen and oxygen atoms in total. The predicted octanol–water partition coefficient (Wildman–Crippen LogP) is 7.19. The van der Waals surface area contributed by atoms with Crippen molar-refractivity contribution in [1.82, 2.24) is 0 Å². The standard InChI is InChI=1S/C6H13I5S/c1-3-4-5-6(2)12(7,8,9,10)11/h6H,3-5H2,1-2H3. The summed E-state index contributed by atoms with van der Waals surface area (Å²) in [5.74, 6) is 0. The highest BCUT2D eigenvalue weighted by molar-refractivity contribution is 14.7. The predicted molar refractivity (Wildman–Crippen MR) is 107 cm³/mol. The summed E-state index contributed by atoms with van der Waals surface area (Å²) in [5, 5.41) is 0.813. The van der Waals surface area contributed by atoms with E-state index in [1.165, 1.54) is 19.3 Å². The normalized spacial score (nSPS) is 21.2. The van der Waals surface area contributed by atoms with Crippen LogP contribution in [0.4, 0.5) is 0 Å². The molecular weight excluding hydrogens is 739 g/mol. The molecule has 0 heterocycles. The lowest BCUT2D eigenvalue weighted by molar-refractivity contribution is 0.714. The molecule has 78 valence electrons. The van der Waals surface area contributed by atoms with E-state index in [2.05, 4.69) is 120 Å². The summed E-state index contributed by atoms with van der Waals surface area (Å²) < 4.78 is -1.84. The van der Waals surface area contributed by atoms with Crippen molar-refractivity contribution in [2.45, 2.75) is 38.4 Å². The second kappa shape index (κ2) is 4.70. The maximum absolute atomic E-state index is 2.68. The fraction of sp³-hybridized carbons (Fsp3) is 1.00. The molecular formula is C6H13I5S. The van der Waals surface area contributed by atoms with Crippen molar-refractivity contribution in [2.24, 2.45) is 0 Å². The summed E-state index contributed by atoms with van der Waals surface area (Å²) in [7, 11) is 0. The van der Waals surface area contributed by atoms with Crippen LogP contribution in [0.5, 0.6) is 0 Å². The van der Waals surface area contributed by atoms with Gasteiger partial charge in [-0.25, -0.2) is 0 Å². The highest BCUT2D eigenvalue weighted by Crippen LogP contribution is 3.19. The van der Waals surface area contributed by atoms with E-state index in [0.29, 0.717) is 0 Å². The lowest BCUT2D eigenvalue weighted by Crippen LogP contribution is -2.13. The van der Waals surface area contributed by atoms with E-state index in [0.717, 1.165) is 5.25 Å². The molecule has 0 fully saturated rings. The highest BCUT2D eigenvalue weighted by atomic mass is 127. The van der Waals surface area contributed by atoms with Crippen molar-refractivity contribution in [3.8, 4) is 0 Å². The van der Waals surface area contributed by atoms with Crippen LogP contribution in [-0.4, -0.2) is 5.25 Å². The van der Waals surface area contributed by atoms with Crippen LogP contribution in [0.3, 0.4) is 0 Å². The molecule has 0 saturated carbocycles. The SMILES string of the molecule is CCCCC(C)S(I)(I)(I)(I)I. The topological polar surface area (TPSA) is 0 Å². The van der Waals surface area contributed by atoms with Gasteiger partial charge in [0, 0.05) is 5.25 Å². The summed E-state index contributed by atoms with van der Waals surface area (Å²) >= 11 is 13.4. The minimum atomic E-state index is -1.84. The molecule has 0 N–H and O–H groups in total. The van der Waals surface area contributed by atoms with Gasteiger partial charge in [0.15, 0.2) is 0 Å². The Labute approximate surface area is 135 Å². The van der Waals surface area contributed by atoms with Crippen LogP contribution in [0.2, 0.25) is 0 Å². The van der Waals surface area contributed by atoms with E-state index >= 15 is 0 Å². The van der Waals surface area contributed by atoms with Crippen LogP contribution in [0.25, 0.3) is 0 Å². The van der Waals surface area contributed by atoms with Crippen molar-refractivity contribution >= 4 is 100 Å². The molecule has 1 unspecified atom stereocenters. The molecule has 12 heavy (non-hydrogen) atoms. The molecule has 0 aliphatic heterocycles. The van der Waals surface area contributed by atoms with E-state index in [1.54, 1.807) is 0 Å². The lowest BCUT2D eigenvalue weighted by atomic mass is 10.2. The fourth-order valence-corrected chi connectivity index (χ4v) is 5.14. The Morgan fingerprint density at radius 3 is 1.75 bits per heavy atom. The van der Waals surface area contributed by atoms with Crippen LogP contribution in [0.1, 0.15) is 33.1 Å². The van der Waals surface area contributed by atoms with Crippen molar-refractivity contribution in [2.75, 3.05) is 0 Å². The largest absolute Gasteiger partial charge is 0.0654 e. The zero-order chi connectivity index (χ0) is 10.1. The molecule has 0 radical (unpaired) electrons. The molecule has 0 spiro atoms. The van der Waals surface area contributed by atoms with Gasteiger partial charge in [-0.05, 0) is 112 Å². The van der Waals surface area contributed by atoms with Gasteiger partial charge in [0.25, 0.3) is 0 Å². The molecule has 0 aliphatic carbocycles. The average molecular weight is 752 g/mol. The monoisotopic (exact) mass is 752 g/mol. The number of halogens is 5. The highest BCUT2D eigenvalue weighted by Gasteiger charge is 2.53. The van der Waals surface area contributed by atoms with Gasteiger partial charge in [-0.15, -0.1) is 0 Å². The molecule has 6 heteroatoms. The van der Waals surface area contributed by atoms with E-state index in [9.17, 15) is 0 Å². The molecule has 0 bridgehead atoms. The molecule has 0 amide bonds. The Morgan fingerprint density at radius 1 is 1.08 bits per heavy atom. The fourth-order valence-electron chi connectivity index (χ4n) is 0.714. The zero-order valence-corrected chi connectivity index (χ0v) is 18.6. The van der Waals surface area contributed by atoms with Gasteiger partial charge in [-0.3, -0.25) is 0 Å². The Hall–Kier alpha value is 4.00. The maximum atomic E-state index is 2.68. The average Bonchev–Trinajstić information content (AvgIpc) is 1.76.